The van der Waals surface area contributed by atoms with E-state index in [9.17, 15) is 13.2 Å². The molecule has 2 rings (SSSR count). The third-order valence-corrected chi connectivity index (χ3v) is 6.37. The van der Waals surface area contributed by atoms with Crippen LogP contribution in [0.2, 0.25) is 0 Å². The van der Waals surface area contributed by atoms with Crippen LogP contribution in [0.4, 0.5) is 5.69 Å². The molecule has 8 heteroatoms. The number of halogens is 1. The van der Waals surface area contributed by atoms with Gasteiger partial charge in [-0.05, 0) is 44.1 Å². The van der Waals surface area contributed by atoms with Crippen molar-refractivity contribution in [1.82, 2.24) is 9.21 Å². The van der Waals surface area contributed by atoms with E-state index in [1.807, 2.05) is 31.2 Å². The van der Waals surface area contributed by atoms with Crippen molar-refractivity contribution >= 4 is 37.5 Å². The van der Waals surface area contributed by atoms with Crippen molar-refractivity contribution in [3.8, 4) is 0 Å². The number of likely N-dealkylation sites (tertiary alicyclic amines) is 1. The minimum absolute atomic E-state index is 0.00783. The van der Waals surface area contributed by atoms with Crippen LogP contribution in [0.5, 0.6) is 0 Å². The van der Waals surface area contributed by atoms with Gasteiger partial charge in [-0.15, -0.1) is 0 Å². The number of rotatable bonds is 7. The minimum atomic E-state index is -3.15. The lowest BCUT2D eigenvalue weighted by molar-refractivity contribution is -0.116. The Kier molecular flexibility index (Phi) is 7.42. The Morgan fingerprint density at radius 3 is 2.60 bits per heavy atom. The van der Waals surface area contributed by atoms with Crippen LogP contribution in [-0.2, 0) is 14.8 Å². The topological polar surface area (TPSA) is 69.7 Å². The maximum atomic E-state index is 12.1. The van der Waals surface area contributed by atoms with Crippen molar-refractivity contribution in [2.45, 2.75) is 32.2 Å². The third-order valence-electron chi connectivity index (χ3n) is 4.47. The number of nitrogens with one attached hydrogen (secondary N) is 1. The van der Waals surface area contributed by atoms with Crippen molar-refractivity contribution in [1.29, 1.82) is 0 Å². The maximum Gasteiger partial charge on any atom is 0.225 e. The lowest BCUT2D eigenvalue weighted by Gasteiger charge is -2.36. The van der Waals surface area contributed by atoms with Gasteiger partial charge in [0.2, 0.25) is 15.9 Å². The van der Waals surface area contributed by atoms with Crippen molar-refractivity contribution in [3.63, 3.8) is 0 Å². The Bertz CT molecular complexity index is 688. The predicted octanol–water partition coefficient (Wildman–Crippen LogP) is 2.52. The van der Waals surface area contributed by atoms with E-state index < -0.39 is 10.0 Å². The normalized spacial score (nSPS) is 17.0. The number of piperidine rings is 1. The standard InChI is InChI=1S/C17H26BrN3O3S/c1-3-21(25(2,23)24)16-7-10-20(11-8-16)12-9-17(22)19-15-6-4-5-14(18)13-15/h4-6,13,16H,3,7-12H2,1-2H3,(H,19,22). The van der Waals surface area contributed by atoms with Gasteiger partial charge in [-0.3, -0.25) is 4.79 Å². The van der Waals surface area contributed by atoms with E-state index in [0.29, 0.717) is 19.5 Å². The first-order valence-electron chi connectivity index (χ1n) is 8.54. The molecule has 1 amide bonds. The fourth-order valence-corrected chi connectivity index (χ4v) is 4.86. The Labute approximate surface area is 158 Å². The summed E-state index contributed by atoms with van der Waals surface area (Å²) in [6, 6.07) is 7.60. The van der Waals surface area contributed by atoms with E-state index in [1.165, 1.54) is 6.26 Å². The van der Waals surface area contributed by atoms with Gasteiger partial charge in [0.25, 0.3) is 0 Å². The Morgan fingerprint density at radius 1 is 1.36 bits per heavy atom. The second-order valence-corrected chi connectivity index (χ2v) is 9.20. The van der Waals surface area contributed by atoms with Crippen molar-refractivity contribution in [2.24, 2.45) is 0 Å². The molecule has 0 aromatic heterocycles. The highest BCUT2D eigenvalue weighted by atomic mass is 79.9. The van der Waals surface area contributed by atoms with Gasteiger partial charge in [-0.1, -0.05) is 28.9 Å². The van der Waals surface area contributed by atoms with E-state index >= 15 is 0 Å². The number of carbonyl (C=O) groups is 1. The Hall–Kier alpha value is -0.960. The molecule has 0 saturated carbocycles. The molecule has 1 aromatic rings. The molecule has 0 radical (unpaired) electrons. The summed E-state index contributed by atoms with van der Waals surface area (Å²) in [4.78, 5) is 14.3. The molecule has 1 aromatic carbocycles. The molecule has 0 atom stereocenters. The molecule has 0 unspecified atom stereocenters. The monoisotopic (exact) mass is 431 g/mol. The average Bonchev–Trinajstić information content (AvgIpc) is 2.53. The van der Waals surface area contributed by atoms with Gasteiger partial charge in [0.1, 0.15) is 0 Å². The Balaban J connectivity index is 1.76. The molecule has 140 valence electrons. The van der Waals surface area contributed by atoms with Gasteiger partial charge in [0.05, 0.1) is 6.26 Å². The van der Waals surface area contributed by atoms with Crippen LogP contribution in [0.15, 0.2) is 28.7 Å². The molecule has 6 nitrogen and oxygen atoms in total. The summed E-state index contributed by atoms with van der Waals surface area (Å²) >= 11 is 3.38. The van der Waals surface area contributed by atoms with Crippen LogP contribution >= 0.6 is 15.9 Å². The molecule has 1 saturated heterocycles. The largest absolute Gasteiger partial charge is 0.326 e. The van der Waals surface area contributed by atoms with E-state index in [4.69, 9.17) is 0 Å². The molecule has 1 heterocycles. The second kappa shape index (κ2) is 9.12. The summed E-state index contributed by atoms with van der Waals surface area (Å²) in [6.45, 7) is 4.72. The molecule has 1 aliphatic heterocycles. The minimum Gasteiger partial charge on any atom is -0.326 e. The van der Waals surface area contributed by atoms with Crippen LogP contribution in [0.3, 0.4) is 0 Å². The van der Waals surface area contributed by atoms with Crippen LogP contribution in [0.1, 0.15) is 26.2 Å². The first kappa shape index (κ1) is 20.4. The van der Waals surface area contributed by atoms with Crippen LogP contribution in [0, 0.1) is 0 Å². The SMILES string of the molecule is CCN(C1CCN(CCC(=O)Nc2cccc(Br)c2)CC1)S(C)(=O)=O. The highest BCUT2D eigenvalue weighted by Crippen LogP contribution is 2.19. The number of hydrogen-bond acceptors (Lipinski definition) is 4. The summed E-state index contributed by atoms with van der Waals surface area (Å²) in [5.41, 5.74) is 0.782. The summed E-state index contributed by atoms with van der Waals surface area (Å²) in [7, 11) is -3.15. The van der Waals surface area contributed by atoms with Gasteiger partial charge < -0.3 is 10.2 Å². The lowest BCUT2D eigenvalue weighted by Crippen LogP contribution is -2.47. The van der Waals surface area contributed by atoms with E-state index in [2.05, 4.69) is 26.1 Å². The smallest absolute Gasteiger partial charge is 0.225 e. The number of carbonyl (C=O) groups excluding carboxylic acids is 1. The van der Waals surface area contributed by atoms with Crippen molar-refractivity contribution in [2.75, 3.05) is 37.8 Å². The number of anilines is 1. The zero-order valence-corrected chi connectivity index (χ0v) is 17.1. The molecule has 1 aliphatic rings. The summed E-state index contributed by atoms with van der Waals surface area (Å²) < 4.78 is 26.1. The molecule has 0 spiro atoms. The molecular formula is C17H26BrN3O3S. The summed E-state index contributed by atoms with van der Waals surface area (Å²) in [6.07, 6.45) is 3.33. The van der Waals surface area contributed by atoms with Crippen molar-refractivity contribution < 1.29 is 13.2 Å². The highest BCUT2D eigenvalue weighted by Gasteiger charge is 2.28. The van der Waals surface area contributed by atoms with Crippen LogP contribution in [-0.4, -0.2) is 62.0 Å². The van der Waals surface area contributed by atoms with E-state index in [-0.39, 0.29) is 11.9 Å². The number of hydrogen-bond donors (Lipinski definition) is 1. The van der Waals surface area contributed by atoms with Crippen molar-refractivity contribution in [3.05, 3.63) is 28.7 Å². The zero-order valence-electron chi connectivity index (χ0n) is 14.7. The number of nitrogens with zero attached hydrogens (tertiary/aromatic N) is 2. The van der Waals surface area contributed by atoms with Crippen LogP contribution in [0.25, 0.3) is 0 Å². The van der Waals surface area contributed by atoms with Gasteiger partial charge in [-0.25, -0.2) is 8.42 Å². The van der Waals surface area contributed by atoms with E-state index in [0.717, 1.165) is 36.1 Å². The summed E-state index contributed by atoms with van der Waals surface area (Å²) in [5.74, 6) is -0.00783. The third kappa shape index (κ3) is 6.36. The fraction of sp³-hybridized carbons (Fsp3) is 0.588. The predicted molar refractivity (Wildman–Crippen MR) is 104 cm³/mol. The lowest BCUT2D eigenvalue weighted by atomic mass is 10.0. The quantitative estimate of drug-likeness (QED) is 0.719. The zero-order chi connectivity index (χ0) is 18.4. The second-order valence-electron chi connectivity index (χ2n) is 6.35. The van der Waals surface area contributed by atoms with Gasteiger partial charge in [0.15, 0.2) is 0 Å². The van der Waals surface area contributed by atoms with Gasteiger partial charge in [0, 0.05) is 35.7 Å². The number of benzene rings is 1. The molecule has 1 N–H and O–H groups in total. The molecule has 0 aliphatic carbocycles. The molecule has 1 fully saturated rings. The average molecular weight is 432 g/mol. The maximum absolute atomic E-state index is 12.1. The van der Waals surface area contributed by atoms with Gasteiger partial charge >= 0.3 is 0 Å². The number of sulfonamides is 1. The molecular weight excluding hydrogens is 406 g/mol. The first-order valence-corrected chi connectivity index (χ1v) is 11.2. The number of amides is 1. The highest BCUT2D eigenvalue weighted by molar-refractivity contribution is 9.10. The van der Waals surface area contributed by atoms with E-state index in [1.54, 1.807) is 4.31 Å². The fourth-order valence-electron chi connectivity index (χ4n) is 3.24. The Morgan fingerprint density at radius 2 is 2.04 bits per heavy atom. The molecule has 25 heavy (non-hydrogen) atoms. The first-order chi connectivity index (χ1) is 11.8. The molecule has 0 bridgehead atoms. The van der Waals surface area contributed by atoms with Crippen LogP contribution < -0.4 is 5.32 Å². The summed E-state index contributed by atoms with van der Waals surface area (Å²) in [5, 5.41) is 2.90. The van der Waals surface area contributed by atoms with Gasteiger partial charge in [-0.2, -0.15) is 4.31 Å².